The van der Waals surface area contributed by atoms with Gasteiger partial charge in [-0.15, -0.1) is 0 Å². The van der Waals surface area contributed by atoms with Crippen molar-refractivity contribution in [3.63, 3.8) is 0 Å². The summed E-state index contributed by atoms with van der Waals surface area (Å²) in [7, 11) is 2.76. The lowest BCUT2D eigenvalue weighted by Crippen LogP contribution is -2.63. The van der Waals surface area contributed by atoms with Crippen LogP contribution >= 0.6 is 0 Å². The maximum Gasteiger partial charge on any atom is 0.338 e. The van der Waals surface area contributed by atoms with Gasteiger partial charge in [0.25, 0.3) is 0 Å². The van der Waals surface area contributed by atoms with Crippen molar-refractivity contribution in [2.75, 3.05) is 14.2 Å². The fourth-order valence-corrected chi connectivity index (χ4v) is 4.30. The fourth-order valence-electron chi connectivity index (χ4n) is 4.30. The summed E-state index contributed by atoms with van der Waals surface area (Å²) in [5.74, 6) is -0.187. The van der Waals surface area contributed by atoms with Gasteiger partial charge in [0.2, 0.25) is 0 Å². The lowest BCUT2D eigenvalue weighted by atomic mass is 9.43. The van der Waals surface area contributed by atoms with Crippen molar-refractivity contribution in [1.82, 2.24) is 0 Å². The number of benzene rings is 1. The van der Waals surface area contributed by atoms with E-state index < -0.39 is 11.4 Å². The molecule has 0 aromatic heterocycles. The molecule has 4 atom stereocenters. The van der Waals surface area contributed by atoms with Crippen LogP contribution in [0.25, 0.3) is 6.08 Å². The van der Waals surface area contributed by atoms with Crippen LogP contribution in [0.2, 0.25) is 0 Å². The molecule has 1 saturated carbocycles. The van der Waals surface area contributed by atoms with Gasteiger partial charge < -0.3 is 9.47 Å². The van der Waals surface area contributed by atoms with Gasteiger partial charge in [-0.3, -0.25) is 4.79 Å². The zero-order valence-corrected chi connectivity index (χ0v) is 13.3. The third kappa shape index (κ3) is 1.58. The predicted octanol–water partition coefficient (Wildman–Crippen LogP) is 2.81. The van der Waals surface area contributed by atoms with E-state index in [1.54, 1.807) is 6.07 Å². The highest BCUT2D eigenvalue weighted by atomic mass is 16.5. The Bertz CT molecular complexity index is 676. The maximum absolute atomic E-state index is 12.7. The number of hydrogen-bond acceptors (Lipinski definition) is 4. The zero-order valence-electron chi connectivity index (χ0n) is 13.3. The Kier molecular flexibility index (Phi) is 3.35. The average molecular weight is 300 g/mol. The van der Waals surface area contributed by atoms with Gasteiger partial charge in [-0.25, -0.2) is 4.79 Å². The molecule has 1 fully saturated rings. The number of hydrogen-bond donors (Lipinski definition) is 0. The molecule has 1 aromatic carbocycles. The Labute approximate surface area is 130 Å². The first-order valence-electron chi connectivity index (χ1n) is 7.48. The normalized spacial score (nSPS) is 31.5. The number of fused-ring (bicyclic) bond motifs is 3. The van der Waals surface area contributed by atoms with E-state index >= 15 is 0 Å². The quantitative estimate of drug-likeness (QED) is 0.788. The minimum absolute atomic E-state index is 0.0493. The minimum atomic E-state index is -0.789. The SMILES string of the molecule is COC(=O)c1cccc2c1[C@@]1(C(=O)OC)[C@H](C)[C@@H](C)[C@H]1C=C2. The van der Waals surface area contributed by atoms with Crippen LogP contribution < -0.4 is 0 Å². The molecule has 2 aliphatic carbocycles. The van der Waals surface area contributed by atoms with Crippen molar-refractivity contribution < 1.29 is 19.1 Å². The fraction of sp³-hybridized carbons (Fsp3) is 0.444. The molecule has 0 saturated heterocycles. The third-order valence-electron chi connectivity index (χ3n) is 5.52. The van der Waals surface area contributed by atoms with Crippen LogP contribution in [0.4, 0.5) is 0 Å². The van der Waals surface area contributed by atoms with Gasteiger partial charge in [0.05, 0.1) is 19.8 Å². The van der Waals surface area contributed by atoms with Gasteiger partial charge in [-0.2, -0.15) is 0 Å². The summed E-state index contributed by atoms with van der Waals surface area (Å²) in [6.45, 7) is 4.18. The van der Waals surface area contributed by atoms with Crippen LogP contribution in [0.5, 0.6) is 0 Å². The van der Waals surface area contributed by atoms with Gasteiger partial charge in [0.1, 0.15) is 5.41 Å². The number of ether oxygens (including phenoxy) is 2. The van der Waals surface area contributed by atoms with Crippen LogP contribution in [0, 0.1) is 17.8 Å². The zero-order chi connectivity index (χ0) is 16.1. The smallest absolute Gasteiger partial charge is 0.338 e. The van der Waals surface area contributed by atoms with Crippen LogP contribution in [0.3, 0.4) is 0 Å². The highest BCUT2D eigenvalue weighted by molar-refractivity contribution is 5.98. The van der Waals surface area contributed by atoms with Crippen LogP contribution in [-0.2, 0) is 19.7 Å². The van der Waals surface area contributed by atoms with E-state index in [9.17, 15) is 9.59 Å². The number of carbonyl (C=O) groups excluding carboxylic acids is 2. The molecule has 0 unspecified atom stereocenters. The van der Waals surface area contributed by atoms with Crippen LogP contribution in [0.15, 0.2) is 24.3 Å². The Balaban J connectivity index is 2.30. The molecule has 0 aliphatic heterocycles. The Hall–Kier alpha value is -2.10. The number of esters is 2. The summed E-state index contributed by atoms with van der Waals surface area (Å²) < 4.78 is 10.0. The molecule has 0 amide bonds. The second-order valence-corrected chi connectivity index (χ2v) is 6.15. The first-order chi connectivity index (χ1) is 10.5. The molecule has 0 spiro atoms. The summed E-state index contributed by atoms with van der Waals surface area (Å²) in [6.07, 6.45) is 4.07. The second kappa shape index (κ2) is 4.97. The van der Waals surface area contributed by atoms with Crippen LogP contribution in [-0.4, -0.2) is 26.2 Å². The number of rotatable bonds is 2. The van der Waals surface area contributed by atoms with Gasteiger partial charge >= 0.3 is 11.9 Å². The van der Waals surface area contributed by atoms with E-state index in [-0.39, 0.29) is 17.8 Å². The van der Waals surface area contributed by atoms with E-state index in [2.05, 4.69) is 19.9 Å². The average Bonchev–Trinajstić information content (AvgIpc) is 2.57. The van der Waals surface area contributed by atoms with Crippen molar-refractivity contribution in [3.8, 4) is 0 Å². The molecular weight excluding hydrogens is 280 g/mol. The number of allylic oxidation sites excluding steroid dienone is 1. The molecule has 0 bridgehead atoms. The lowest BCUT2D eigenvalue weighted by Gasteiger charge is -2.58. The Morgan fingerprint density at radius 3 is 2.50 bits per heavy atom. The van der Waals surface area contributed by atoms with Crippen molar-refractivity contribution in [1.29, 1.82) is 0 Å². The van der Waals surface area contributed by atoms with Gasteiger partial charge in [0, 0.05) is 5.92 Å². The van der Waals surface area contributed by atoms with E-state index in [4.69, 9.17) is 9.47 Å². The van der Waals surface area contributed by atoms with Gasteiger partial charge in [-0.1, -0.05) is 38.1 Å². The van der Waals surface area contributed by atoms with Crippen molar-refractivity contribution in [2.45, 2.75) is 19.3 Å². The standard InChI is InChI=1S/C18H20O4/c1-10-11(2)18(17(20)22-4)14(10)9-8-12-6-5-7-13(15(12)18)16(19)21-3/h5-11,14H,1-4H3/t10-,11-,14-,18-/m1/s1. The highest BCUT2D eigenvalue weighted by Crippen LogP contribution is 2.61. The molecule has 116 valence electrons. The monoisotopic (exact) mass is 300 g/mol. The first-order valence-corrected chi connectivity index (χ1v) is 7.48. The van der Waals surface area contributed by atoms with E-state index in [0.29, 0.717) is 11.5 Å². The van der Waals surface area contributed by atoms with Gasteiger partial charge in [-0.05, 0) is 29.0 Å². The molecule has 2 aliphatic rings. The minimum Gasteiger partial charge on any atom is -0.468 e. The summed E-state index contributed by atoms with van der Waals surface area (Å²) in [5, 5.41) is 0. The predicted molar refractivity (Wildman–Crippen MR) is 82.3 cm³/mol. The van der Waals surface area contributed by atoms with Crippen molar-refractivity contribution in [3.05, 3.63) is 41.0 Å². The van der Waals surface area contributed by atoms with E-state index in [1.165, 1.54) is 14.2 Å². The molecule has 4 heteroatoms. The molecule has 0 heterocycles. The second-order valence-electron chi connectivity index (χ2n) is 6.15. The Morgan fingerprint density at radius 2 is 1.86 bits per heavy atom. The maximum atomic E-state index is 12.7. The first kappa shape index (κ1) is 14.8. The number of carbonyl (C=O) groups is 2. The van der Waals surface area contributed by atoms with E-state index in [1.807, 2.05) is 18.2 Å². The van der Waals surface area contributed by atoms with Crippen molar-refractivity contribution >= 4 is 18.0 Å². The molecule has 22 heavy (non-hydrogen) atoms. The molecule has 4 nitrogen and oxygen atoms in total. The highest BCUT2D eigenvalue weighted by Gasteiger charge is 2.65. The Morgan fingerprint density at radius 1 is 1.14 bits per heavy atom. The molecule has 1 aromatic rings. The third-order valence-corrected chi connectivity index (χ3v) is 5.52. The molecule has 0 radical (unpaired) electrons. The number of methoxy groups -OCH3 is 2. The lowest BCUT2D eigenvalue weighted by molar-refractivity contribution is -0.164. The van der Waals surface area contributed by atoms with Crippen LogP contribution in [0.1, 0.15) is 35.3 Å². The largest absolute Gasteiger partial charge is 0.468 e. The van der Waals surface area contributed by atoms with Crippen molar-refractivity contribution in [2.24, 2.45) is 17.8 Å². The summed E-state index contributed by atoms with van der Waals surface area (Å²) in [5.41, 5.74) is 1.32. The van der Waals surface area contributed by atoms with Gasteiger partial charge in [0.15, 0.2) is 0 Å². The molecular formula is C18H20O4. The summed E-state index contributed by atoms with van der Waals surface area (Å²) >= 11 is 0. The van der Waals surface area contributed by atoms with E-state index in [0.717, 1.165) is 11.1 Å². The summed E-state index contributed by atoms with van der Waals surface area (Å²) in [6, 6.07) is 5.46. The molecule has 3 rings (SSSR count). The topological polar surface area (TPSA) is 52.6 Å². The summed E-state index contributed by atoms with van der Waals surface area (Å²) in [4.78, 5) is 24.9. The molecule has 0 N–H and O–H groups in total.